The van der Waals surface area contributed by atoms with Crippen LogP contribution in [0.1, 0.15) is 29.9 Å². The first-order valence-corrected chi connectivity index (χ1v) is 9.59. The van der Waals surface area contributed by atoms with Crippen molar-refractivity contribution in [1.82, 2.24) is 20.2 Å². The Labute approximate surface area is 169 Å². The van der Waals surface area contributed by atoms with E-state index in [0.29, 0.717) is 18.1 Å². The molecular formula is C21H21N5OS. The summed E-state index contributed by atoms with van der Waals surface area (Å²) in [6.07, 6.45) is 4.01. The van der Waals surface area contributed by atoms with Crippen molar-refractivity contribution in [2.24, 2.45) is 0 Å². The quantitative estimate of drug-likeness (QED) is 0.562. The monoisotopic (exact) mass is 391 g/mol. The summed E-state index contributed by atoms with van der Waals surface area (Å²) < 4.78 is 0. The van der Waals surface area contributed by atoms with Gasteiger partial charge < -0.3 is 20.5 Å². The Morgan fingerprint density at radius 1 is 1.11 bits per heavy atom. The van der Waals surface area contributed by atoms with Gasteiger partial charge in [0.25, 0.3) is 0 Å². The molecule has 1 aromatic carbocycles. The second-order valence-corrected chi connectivity index (χ2v) is 7.00. The van der Waals surface area contributed by atoms with Gasteiger partial charge in [-0.2, -0.15) is 0 Å². The van der Waals surface area contributed by atoms with Crippen LogP contribution in [-0.2, 0) is 4.79 Å². The highest BCUT2D eigenvalue weighted by molar-refractivity contribution is 7.80. The molecule has 6 nitrogen and oxygen atoms in total. The zero-order valence-corrected chi connectivity index (χ0v) is 16.0. The van der Waals surface area contributed by atoms with Crippen LogP contribution in [0.15, 0.2) is 73.1 Å². The Kier molecular flexibility index (Phi) is 5.34. The number of anilines is 1. The van der Waals surface area contributed by atoms with Crippen molar-refractivity contribution in [3.8, 4) is 0 Å². The van der Waals surface area contributed by atoms with Crippen molar-refractivity contribution in [3.05, 3.63) is 84.4 Å². The molecule has 0 spiro atoms. The maximum absolute atomic E-state index is 12.4. The number of pyridine rings is 1. The number of aromatic amines is 1. The number of hydrogen-bond donors (Lipinski definition) is 3. The molecule has 1 aliphatic rings. The number of aromatic nitrogens is 2. The summed E-state index contributed by atoms with van der Waals surface area (Å²) in [4.78, 5) is 22.2. The second kappa shape index (κ2) is 8.22. The molecule has 3 heterocycles. The third kappa shape index (κ3) is 3.89. The number of carbonyl (C=O) groups is 1. The lowest BCUT2D eigenvalue weighted by Crippen LogP contribution is -2.32. The Balaban J connectivity index is 1.50. The van der Waals surface area contributed by atoms with Gasteiger partial charge in [0.1, 0.15) is 0 Å². The summed E-state index contributed by atoms with van der Waals surface area (Å²) in [6.45, 7) is 0.511. The molecule has 0 radical (unpaired) electrons. The Morgan fingerprint density at radius 2 is 1.93 bits per heavy atom. The van der Waals surface area contributed by atoms with E-state index in [-0.39, 0.29) is 18.0 Å². The van der Waals surface area contributed by atoms with Crippen molar-refractivity contribution in [2.45, 2.75) is 18.5 Å². The van der Waals surface area contributed by atoms with Crippen LogP contribution < -0.4 is 10.6 Å². The first-order valence-electron chi connectivity index (χ1n) is 9.18. The predicted octanol–water partition coefficient (Wildman–Crippen LogP) is 3.41. The van der Waals surface area contributed by atoms with E-state index < -0.39 is 0 Å². The van der Waals surface area contributed by atoms with Gasteiger partial charge in [-0.1, -0.05) is 24.3 Å². The van der Waals surface area contributed by atoms with Crippen LogP contribution in [0.2, 0.25) is 0 Å². The molecule has 0 saturated carbocycles. The number of benzene rings is 1. The number of carbonyl (C=O) groups excluding carboxylic acids is 1. The number of H-pyrrole nitrogens is 1. The lowest BCUT2D eigenvalue weighted by molar-refractivity contribution is -0.116. The fourth-order valence-corrected chi connectivity index (χ4v) is 3.81. The maximum Gasteiger partial charge on any atom is 0.226 e. The molecule has 4 rings (SSSR count). The third-order valence-corrected chi connectivity index (χ3v) is 5.13. The van der Waals surface area contributed by atoms with Gasteiger partial charge in [-0.15, -0.1) is 0 Å². The van der Waals surface area contributed by atoms with Crippen molar-refractivity contribution >= 4 is 28.9 Å². The van der Waals surface area contributed by atoms with E-state index in [2.05, 4.69) is 25.5 Å². The average molecular weight is 392 g/mol. The zero-order valence-electron chi connectivity index (χ0n) is 15.2. The molecule has 1 amide bonds. The molecule has 0 bridgehead atoms. The molecule has 2 aromatic heterocycles. The summed E-state index contributed by atoms with van der Waals surface area (Å²) in [7, 11) is 0. The fourth-order valence-electron chi connectivity index (χ4n) is 3.48. The molecule has 1 saturated heterocycles. The first kappa shape index (κ1) is 18.2. The molecule has 28 heavy (non-hydrogen) atoms. The van der Waals surface area contributed by atoms with Crippen molar-refractivity contribution in [1.29, 1.82) is 0 Å². The molecular weight excluding hydrogens is 370 g/mol. The molecule has 7 heteroatoms. The van der Waals surface area contributed by atoms with Crippen LogP contribution in [0, 0.1) is 0 Å². The first-order chi connectivity index (χ1) is 13.7. The summed E-state index contributed by atoms with van der Waals surface area (Å²) in [5.74, 6) is -0.0412. The molecule has 0 unspecified atom stereocenters. The van der Waals surface area contributed by atoms with Crippen LogP contribution in [0.25, 0.3) is 0 Å². The number of nitrogens with zero attached hydrogens (tertiary/aromatic N) is 2. The average Bonchev–Trinajstić information content (AvgIpc) is 3.35. The van der Waals surface area contributed by atoms with Crippen molar-refractivity contribution in [2.75, 3.05) is 11.9 Å². The smallest absolute Gasteiger partial charge is 0.226 e. The van der Waals surface area contributed by atoms with Gasteiger partial charge in [0.2, 0.25) is 5.91 Å². The van der Waals surface area contributed by atoms with Crippen LogP contribution in [0.5, 0.6) is 0 Å². The van der Waals surface area contributed by atoms with Crippen LogP contribution in [0.4, 0.5) is 5.69 Å². The lowest BCUT2D eigenvalue weighted by atomic mass is 10.0. The van der Waals surface area contributed by atoms with Crippen molar-refractivity contribution < 1.29 is 4.79 Å². The highest BCUT2D eigenvalue weighted by Gasteiger charge is 2.40. The molecule has 1 aliphatic heterocycles. The van der Waals surface area contributed by atoms with E-state index in [4.69, 9.17) is 12.2 Å². The van der Waals surface area contributed by atoms with Gasteiger partial charge >= 0.3 is 0 Å². The Bertz CT molecular complexity index is 930. The fraction of sp³-hybridized carbons (Fsp3) is 0.190. The van der Waals surface area contributed by atoms with Gasteiger partial charge in [0, 0.05) is 36.7 Å². The van der Waals surface area contributed by atoms with Gasteiger partial charge in [-0.3, -0.25) is 9.78 Å². The maximum atomic E-state index is 12.4. The van der Waals surface area contributed by atoms with Gasteiger partial charge in [-0.05, 0) is 48.6 Å². The number of para-hydroxylation sites is 1. The SMILES string of the molecule is O=C(CCN1C(=S)N[C@@H](c2ccccn2)[C@@H]1c1ccc[nH]1)Nc1ccccc1. The lowest BCUT2D eigenvalue weighted by Gasteiger charge is -2.26. The Morgan fingerprint density at radius 3 is 2.64 bits per heavy atom. The van der Waals surface area contributed by atoms with Crippen LogP contribution >= 0.6 is 12.2 Å². The minimum Gasteiger partial charge on any atom is -0.363 e. The molecule has 2 atom stereocenters. The highest BCUT2D eigenvalue weighted by Crippen LogP contribution is 2.37. The number of rotatable bonds is 6. The molecule has 142 valence electrons. The summed E-state index contributed by atoms with van der Waals surface area (Å²) in [5, 5.41) is 6.93. The van der Waals surface area contributed by atoms with E-state index in [0.717, 1.165) is 17.1 Å². The van der Waals surface area contributed by atoms with Gasteiger partial charge in [0.15, 0.2) is 5.11 Å². The van der Waals surface area contributed by atoms with E-state index in [9.17, 15) is 4.79 Å². The van der Waals surface area contributed by atoms with Crippen LogP contribution in [0.3, 0.4) is 0 Å². The van der Waals surface area contributed by atoms with Crippen molar-refractivity contribution in [3.63, 3.8) is 0 Å². The zero-order chi connectivity index (χ0) is 19.3. The summed E-state index contributed by atoms with van der Waals surface area (Å²) in [5.41, 5.74) is 2.74. The van der Waals surface area contributed by atoms with Crippen LogP contribution in [-0.4, -0.2) is 32.4 Å². The highest BCUT2D eigenvalue weighted by atomic mass is 32.1. The standard InChI is InChI=1S/C21H21N5OS/c27-18(24-15-7-2-1-3-8-15)11-14-26-20(17-10-6-13-23-17)19(25-21(26)28)16-9-4-5-12-22-16/h1-10,12-13,19-20,23H,11,14H2,(H,24,27)(H,25,28)/t19-,20-/m0/s1. The van der Waals surface area contributed by atoms with E-state index in [1.54, 1.807) is 6.20 Å². The topological polar surface area (TPSA) is 73.0 Å². The van der Waals surface area contributed by atoms with E-state index in [1.165, 1.54) is 0 Å². The number of hydrogen-bond acceptors (Lipinski definition) is 3. The molecule has 0 aliphatic carbocycles. The third-order valence-electron chi connectivity index (χ3n) is 4.78. The molecule has 3 N–H and O–H groups in total. The Hall–Kier alpha value is -3.19. The predicted molar refractivity (Wildman–Crippen MR) is 113 cm³/mol. The molecule has 3 aromatic rings. The van der Waals surface area contributed by atoms with E-state index >= 15 is 0 Å². The second-order valence-electron chi connectivity index (χ2n) is 6.61. The number of thiocarbonyl (C=S) groups is 1. The molecule has 1 fully saturated rings. The summed E-state index contributed by atoms with van der Waals surface area (Å²) in [6, 6.07) is 19.2. The van der Waals surface area contributed by atoms with Gasteiger partial charge in [0.05, 0.1) is 17.8 Å². The normalized spacial score (nSPS) is 18.7. The van der Waals surface area contributed by atoms with E-state index in [1.807, 2.05) is 66.9 Å². The van der Waals surface area contributed by atoms with Gasteiger partial charge in [-0.25, -0.2) is 0 Å². The minimum atomic E-state index is -0.0791. The number of nitrogens with one attached hydrogen (secondary N) is 3. The minimum absolute atomic E-state index is 0.0412. The largest absolute Gasteiger partial charge is 0.363 e. The summed E-state index contributed by atoms with van der Waals surface area (Å²) >= 11 is 5.59. The number of amides is 1.